The molecule has 1 heterocycles. The fourth-order valence-electron chi connectivity index (χ4n) is 3.96. The first-order valence-corrected chi connectivity index (χ1v) is 10.3. The van der Waals surface area contributed by atoms with E-state index in [4.69, 9.17) is 9.47 Å². The van der Waals surface area contributed by atoms with E-state index >= 15 is 0 Å². The van der Waals surface area contributed by atoms with Crippen LogP contribution in [0, 0.1) is 0 Å². The van der Waals surface area contributed by atoms with E-state index in [1.807, 2.05) is 13.8 Å². The Kier molecular flexibility index (Phi) is 6.61. The summed E-state index contributed by atoms with van der Waals surface area (Å²) in [6.45, 7) is 4.39. The van der Waals surface area contributed by atoms with Crippen molar-refractivity contribution in [1.82, 2.24) is 10.2 Å². The van der Waals surface area contributed by atoms with Gasteiger partial charge in [-0.15, -0.1) is 0 Å². The van der Waals surface area contributed by atoms with Gasteiger partial charge in [-0.25, -0.2) is 4.79 Å². The van der Waals surface area contributed by atoms with E-state index in [2.05, 4.69) is 10.6 Å². The smallest absolute Gasteiger partial charge is 0.325 e. The number of rotatable bonds is 7. The Morgan fingerprint density at radius 1 is 1.07 bits per heavy atom. The molecule has 3 rings (SSSR count). The van der Waals surface area contributed by atoms with E-state index < -0.39 is 17.5 Å². The first-order chi connectivity index (χ1) is 14.0. The van der Waals surface area contributed by atoms with Crippen molar-refractivity contribution in [3.8, 4) is 11.5 Å². The predicted molar refractivity (Wildman–Crippen MR) is 108 cm³/mol. The van der Waals surface area contributed by atoms with E-state index in [1.165, 1.54) is 0 Å². The summed E-state index contributed by atoms with van der Waals surface area (Å²) < 4.78 is 11.1. The van der Waals surface area contributed by atoms with Gasteiger partial charge in [-0.3, -0.25) is 14.5 Å². The number of urea groups is 1. The van der Waals surface area contributed by atoms with Crippen LogP contribution in [0.15, 0.2) is 18.2 Å². The van der Waals surface area contributed by atoms with Gasteiger partial charge in [0.2, 0.25) is 5.91 Å². The monoisotopic (exact) mass is 403 g/mol. The Morgan fingerprint density at radius 3 is 2.38 bits per heavy atom. The minimum Gasteiger partial charge on any atom is -0.490 e. The van der Waals surface area contributed by atoms with Gasteiger partial charge in [-0.05, 0) is 38.8 Å². The molecular formula is C21H29N3O5. The molecule has 1 saturated carbocycles. The first kappa shape index (κ1) is 21.0. The molecule has 0 bridgehead atoms. The fraction of sp³-hybridized carbons (Fsp3) is 0.571. The zero-order valence-electron chi connectivity index (χ0n) is 17.1. The summed E-state index contributed by atoms with van der Waals surface area (Å²) in [7, 11) is 0. The van der Waals surface area contributed by atoms with Crippen molar-refractivity contribution in [3.05, 3.63) is 18.2 Å². The van der Waals surface area contributed by atoms with E-state index in [-0.39, 0.29) is 12.5 Å². The van der Waals surface area contributed by atoms with Gasteiger partial charge in [0.15, 0.2) is 11.5 Å². The third-order valence-corrected chi connectivity index (χ3v) is 5.33. The van der Waals surface area contributed by atoms with Crippen LogP contribution in [0.3, 0.4) is 0 Å². The molecule has 1 aromatic carbocycles. The van der Waals surface area contributed by atoms with Crippen molar-refractivity contribution in [1.29, 1.82) is 0 Å². The number of carbonyl (C=O) groups excluding carboxylic acids is 3. The lowest BCUT2D eigenvalue weighted by Crippen LogP contribution is -2.47. The number of benzene rings is 1. The molecule has 2 N–H and O–H groups in total. The average molecular weight is 403 g/mol. The van der Waals surface area contributed by atoms with Crippen LogP contribution in [-0.2, 0) is 9.59 Å². The molecule has 1 aromatic rings. The molecule has 0 aromatic heterocycles. The van der Waals surface area contributed by atoms with Gasteiger partial charge < -0.3 is 20.1 Å². The minimum atomic E-state index is -0.838. The molecular weight excluding hydrogens is 374 g/mol. The van der Waals surface area contributed by atoms with E-state index in [0.717, 1.165) is 30.6 Å². The van der Waals surface area contributed by atoms with Gasteiger partial charge in [0, 0.05) is 11.8 Å². The summed E-state index contributed by atoms with van der Waals surface area (Å²) in [5, 5.41) is 5.58. The molecule has 1 aliphatic carbocycles. The van der Waals surface area contributed by atoms with Gasteiger partial charge in [-0.2, -0.15) is 0 Å². The van der Waals surface area contributed by atoms with Crippen LogP contribution in [0.2, 0.25) is 0 Å². The standard InChI is InChI=1S/C21H29N3O5/c1-3-28-16-10-9-15(13-17(16)29-4-2)22-18(25)14-24-19(26)21(23-20(24)27)11-7-5-6-8-12-21/h9-10,13H,3-8,11-12,14H2,1-2H3,(H,22,25)(H,23,27). The van der Waals surface area contributed by atoms with Crippen molar-refractivity contribution in [2.75, 3.05) is 25.1 Å². The SMILES string of the molecule is CCOc1ccc(NC(=O)CN2C(=O)NC3(CCCCCC3)C2=O)cc1OCC. The number of anilines is 1. The molecule has 1 saturated heterocycles. The van der Waals surface area contributed by atoms with E-state index in [1.54, 1.807) is 18.2 Å². The van der Waals surface area contributed by atoms with Crippen molar-refractivity contribution in [2.24, 2.45) is 0 Å². The molecule has 8 nitrogen and oxygen atoms in total. The van der Waals surface area contributed by atoms with Gasteiger partial charge >= 0.3 is 6.03 Å². The number of amides is 4. The van der Waals surface area contributed by atoms with Gasteiger partial charge in [0.25, 0.3) is 5.91 Å². The number of carbonyl (C=O) groups is 3. The number of nitrogens with one attached hydrogen (secondary N) is 2. The maximum atomic E-state index is 12.9. The van der Waals surface area contributed by atoms with Crippen LogP contribution in [0.25, 0.3) is 0 Å². The van der Waals surface area contributed by atoms with Gasteiger partial charge in [0.1, 0.15) is 12.1 Å². The summed E-state index contributed by atoms with van der Waals surface area (Å²) in [5.41, 5.74) is -0.326. The zero-order valence-corrected chi connectivity index (χ0v) is 17.1. The highest BCUT2D eigenvalue weighted by atomic mass is 16.5. The molecule has 4 amide bonds. The van der Waals surface area contributed by atoms with Crippen LogP contribution in [0.5, 0.6) is 11.5 Å². The molecule has 0 radical (unpaired) electrons. The minimum absolute atomic E-state index is 0.291. The molecule has 29 heavy (non-hydrogen) atoms. The lowest BCUT2D eigenvalue weighted by atomic mass is 9.90. The largest absolute Gasteiger partial charge is 0.490 e. The van der Waals surface area contributed by atoms with Crippen LogP contribution < -0.4 is 20.1 Å². The molecule has 0 atom stereocenters. The molecule has 1 spiro atoms. The van der Waals surface area contributed by atoms with E-state index in [0.29, 0.717) is 43.2 Å². The highest BCUT2D eigenvalue weighted by Crippen LogP contribution is 2.33. The topological polar surface area (TPSA) is 97.0 Å². The Labute approximate surface area is 170 Å². The maximum absolute atomic E-state index is 12.9. The third-order valence-electron chi connectivity index (χ3n) is 5.33. The molecule has 2 fully saturated rings. The second-order valence-electron chi connectivity index (χ2n) is 7.39. The molecule has 1 aliphatic heterocycles. The lowest BCUT2D eigenvalue weighted by molar-refractivity contribution is -0.134. The van der Waals surface area contributed by atoms with Crippen molar-refractivity contribution >= 4 is 23.5 Å². The number of hydrogen-bond donors (Lipinski definition) is 2. The highest BCUT2D eigenvalue weighted by molar-refractivity contribution is 6.10. The number of nitrogens with zero attached hydrogens (tertiary/aromatic N) is 1. The summed E-state index contributed by atoms with van der Waals surface area (Å²) in [6.07, 6.45) is 5.19. The normalized spacial score (nSPS) is 18.3. The van der Waals surface area contributed by atoms with Crippen molar-refractivity contribution in [2.45, 2.75) is 57.9 Å². The molecule has 8 heteroatoms. The Bertz CT molecular complexity index is 772. The zero-order chi connectivity index (χ0) is 20.9. The van der Waals surface area contributed by atoms with Crippen molar-refractivity contribution < 1.29 is 23.9 Å². The summed E-state index contributed by atoms with van der Waals surface area (Å²) in [4.78, 5) is 38.9. The Balaban J connectivity index is 1.66. The Hall–Kier alpha value is -2.77. The van der Waals surface area contributed by atoms with Crippen LogP contribution in [0.4, 0.5) is 10.5 Å². The summed E-state index contributed by atoms with van der Waals surface area (Å²) >= 11 is 0. The molecule has 2 aliphatic rings. The predicted octanol–water partition coefficient (Wildman–Crippen LogP) is 3.07. The van der Waals surface area contributed by atoms with Crippen molar-refractivity contribution in [3.63, 3.8) is 0 Å². The van der Waals surface area contributed by atoms with Crippen LogP contribution in [0.1, 0.15) is 52.4 Å². The first-order valence-electron chi connectivity index (χ1n) is 10.3. The number of hydrogen-bond acceptors (Lipinski definition) is 5. The number of ether oxygens (including phenoxy) is 2. The second kappa shape index (κ2) is 9.15. The van der Waals surface area contributed by atoms with Gasteiger partial charge in [-0.1, -0.05) is 25.7 Å². The van der Waals surface area contributed by atoms with Gasteiger partial charge in [0.05, 0.1) is 13.2 Å². The molecule has 0 unspecified atom stereocenters. The third kappa shape index (κ3) is 4.63. The average Bonchev–Trinajstić information content (AvgIpc) is 2.85. The Morgan fingerprint density at radius 2 is 1.72 bits per heavy atom. The fourth-order valence-corrected chi connectivity index (χ4v) is 3.96. The second-order valence-corrected chi connectivity index (χ2v) is 7.39. The lowest BCUT2D eigenvalue weighted by Gasteiger charge is -2.24. The van der Waals surface area contributed by atoms with Crippen LogP contribution in [-0.4, -0.2) is 48.0 Å². The number of imide groups is 1. The highest BCUT2D eigenvalue weighted by Gasteiger charge is 2.51. The van der Waals surface area contributed by atoms with E-state index in [9.17, 15) is 14.4 Å². The summed E-state index contributed by atoms with van der Waals surface area (Å²) in [5.74, 6) is 0.392. The molecule has 158 valence electrons. The summed E-state index contributed by atoms with van der Waals surface area (Å²) in [6, 6.07) is 4.60. The maximum Gasteiger partial charge on any atom is 0.325 e. The quantitative estimate of drug-likeness (QED) is 0.682. The van der Waals surface area contributed by atoms with Crippen LogP contribution >= 0.6 is 0 Å².